The van der Waals surface area contributed by atoms with Crippen molar-refractivity contribution in [1.29, 1.82) is 0 Å². The largest absolute Gasteiger partial charge is 0.245 e. The summed E-state index contributed by atoms with van der Waals surface area (Å²) in [6, 6.07) is 60.3. The second-order valence-corrected chi connectivity index (χ2v) is 11.7. The third-order valence-corrected chi connectivity index (χ3v) is 9.09. The Kier molecular flexibility index (Phi) is 6.17. The molecule has 0 fully saturated rings. The first-order valence-corrected chi connectivity index (χ1v) is 15.7. The summed E-state index contributed by atoms with van der Waals surface area (Å²) in [5, 5.41) is 7.06. The molecule has 2 heteroatoms. The fourth-order valence-corrected chi connectivity index (χ4v) is 6.85. The van der Waals surface area contributed by atoms with Crippen molar-refractivity contribution in [2.24, 2.45) is 0 Å². The first-order chi connectivity index (χ1) is 22.8. The molecule has 0 spiro atoms. The van der Waals surface area contributed by atoms with E-state index < -0.39 is 0 Å². The van der Waals surface area contributed by atoms with Gasteiger partial charge in [-0.3, -0.25) is 0 Å². The van der Waals surface area contributed by atoms with Gasteiger partial charge >= 0.3 is 0 Å². The topological polar surface area (TPSA) is 25.8 Å². The van der Waals surface area contributed by atoms with Crippen LogP contribution in [0.3, 0.4) is 0 Å². The standard InChI is InChI=1S/C44H28N2/c1-3-11-29(12-4-1)33-23-24-38(35-16-8-7-15-34(33)35)39-25-26-40(37-18-10-9-17-36(37)39)42-28-22-32-20-19-31-21-27-41(30-13-5-2-6-14-30)45-43(31)44(32)46-42/h1-28H. The third kappa shape index (κ3) is 4.35. The number of nitrogens with zero attached hydrogens (tertiary/aromatic N) is 2. The Morgan fingerprint density at radius 1 is 0.261 bits per heavy atom. The number of benzene rings is 7. The van der Waals surface area contributed by atoms with E-state index in [2.05, 4.69) is 164 Å². The van der Waals surface area contributed by atoms with Crippen LogP contribution in [-0.2, 0) is 0 Å². The number of hydrogen-bond donors (Lipinski definition) is 0. The normalized spacial score (nSPS) is 11.5. The summed E-state index contributed by atoms with van der Waals surface area (Å²) >= 11 is 0. The van der Waals surface area contributed by atoms with Crippen molar-refractivity contribution >= 4 is 43.4 Å². The molecule has 0 N–H and O–H groups in total. The lowest BCUT2D eigenvalue weighted by Crippen LogP contribution is -1.92. The van der Waals surface area contributed by atoms with Gasteiger partial charge in [-0.2, -0.15) is 0 Å². The van der Waals surface area contributed by atoms with Gasteiger partial charge in [-0.25, -0.2) is 9.97 Å². The predicted molar refractivity (Wildman–Crippen MR) is 194 cm³/mol. The van der Waals surface area contributed by atoms with E-state index in [1.807, 2.05) is 6.07 Å². The number of rotatable bonds is 4. The molecular formula is C44H28N2. The van der Waals surface area contributed by atoms with E-state index in [1.165, 1.54) is 43.8 Å². The molecule has 46 heavy (non-hydrogen) atoms. The van der Waals surface area contributed by atoms with Crippen molar-refractivity contribution in [3.63, 3.8) is 0 Å². The van der Waals surface area contributed by atoms with Crippen LogP contribution in [0.4, 0.5) is 0 Å². The molecule has 2 nitrogen and oxygen atoms in total. The quantitative estimate of drug-likeness (QED) is 0.192. The van der Waals surface area contributed by atoms with E-state index in [4.69, 9.17) is 9.97 Å². The summed E-state index contributed by atoms with van der Waals surface area (Å²) in [7, 11) is 0. The van der Waals surface area contributed by atoms with Gasteiger partial charge in [0, 0.05) is 21.9 Å². The zero-order chi connectivity index (χ0) is 30.5. The zero-order valence-electron chi connectivity index (χ0n) is 25.1. The molecule has 0 unspecified atom stereocenters. The molecule has 214 valence electrons. The summed E-state index contributed by atoms with van der Waals surface area (Å²) in [6.45, 7) is 0. The van der Waals surface area contributed by atoms with Crippen LogP contribution in [0, 0.1) is 0 Å². The fourth-order valence-electron chi connectivity index (χ4n) is 6.85. The minimum atomic E-state index is 0.920. The van der Waals surface area contributed by atoms with Crippen LogP contribution < -0.4 is 0 Å². The van der Waals surface area contributed by atoms with Crippen molar-refractivity contribution in [2.45, 2.75) is 0 Å². The van der Waals surface area contributed by atoms with Crippen molar-refractivity contribution in [1.82, 2.24) is 9.97 Å². The molecule has 2 aromatic heterocycles. The van der Waals surface area contributed by atoms with Gasteiger partial charge in [-0.1, -0.05) is 158 Å². The van der Waals surface area contributed by atoms with E-state index in [0.717, 1.165) is 44.3 Å². The van der Waals surface area contributed by atoms with Crippen LogP contribution in [0.5, 0.6) is 0 Å². The molecule has 9 rings (SSSR count). The third-order valence-electron chi connectivity index (χ3n) is 9.09. The van der Waals surface area contributed by atoms with Gasteiger partial charge in [0.05, 0.1) is 22.4 Å². The van der Waals surface area contributed by atoms with Crippen molar-refractivity contribution in [3.05, 3.63) is 170 Å². The Morgan fingerprint density at radius 3 is 1.24 bits per heavy atom. The number of aromatic nitrogens is 2. The molecular weight excluding hydrogens is 556 g/mol. The summed E-state index contributed by atoms with van der Waals surface area (Å²) in [5.74, 6) is 0. The maximum absolute atomic E-state index is 5.29. The molecule has 0 saturated carbocycles. The van der Waals surface area contributed by atoms with Crippen LogP contribution >= 0.6 is 0 Å². The molecule has 0 aliphatic rings. The molecule has 0 aliphatic carbocycles. The van der Waals surface area contributed by atoms with E-state index in [-0.39, 0.29) is 0 Å². The van der Waals surface area contributed by atoms with E-state index in [0.29, 0.717) is 0 Å². The van der Waals surface area contributed by atoms with Gasteiger partial charge < -0.3 is 0 Å². The van der Waals surface area contributed by atoms with Gasteiger partial charge in [0.2, 0.25) is 0 Å². The van der Waals surface area contributed by atoms with Crippen LogP contribution in [0.1, 0.15) is 0 Å². The molecule has 0 amide bonds. The number of fused-ring (bicyclic) bond motifs is 5. The smallest absolute Gasteiger partial charge is 0.0972 e. The van der Waals surface area contributed by atoms with Crippen LogP contribution in [-0.4, -0.2) is 9.97 Å². The Hall–Kier alpha value is -6.12. The van der Waals surface area contributed by atoms with Crippen molar-refractivity contribution < 1.29 is 0 Å². The highest BCUT2D eigenvalue weighted by Gasteiger charge is 2.15. The monoisotopic (exact) mass is 584 g/mol. The second kappa shape index (κ2) is 10.8. The fraction of sp³-hybridized carbons (Fsp3) is 0. The van der Waals surface area contributed by atoms with Gasteiger partial charge in [0.15, 0.2) is 0 Å². The summed E-state index contributed by atoms with van der Waals surface area (Å²) in [4.78, 5) is 10.4. The summed E-state index contributed by atoms with van der Waals surface area (Å²) in [6.07, 6.45) is 0. The lowest BCUT2D eigenvalue weighted by Gasteiger charge is -2.16. The Bertz CT molecular complexity index is 2570. The maximum atomic E-state index is 5.29. The highest BCUT2D eigenvalue weighted by molar-refractivity contribution is 6.12. The second-order valence-electron chi connectivity index (χ2n) is 11.7. The molecule has 0 bridgehead atoms. The van der Waals surface area contributed by atoms with Gasteiger partial charge in [0.25, 0.3) is 0 Å². The first-order valence-electron chi connectivity index (χ1n) is 15.7. The minimum absolute atomic E-state index is 0.920. The molecule has 0 saturated heterocycles. The summed E-state index contributed by atoms with van der Waals surface area (Å²) in [5.41, 5.74) is 10.9. The predicted octanol–water partition coefficient (Wildman–Crippen LogP) is 11.8. The molecule has 0 radical (unpaired) electrons. The van der Waals surface area contributed by atoms with Crippen LogP contribution in [0.25, 0.3) is 88.1 Å². The molecule has 2 heterocycles. The Labute approximate surface area is 267 Å². The van der Waals surface area contributed by atoms with Gasteiger partial charge in [-0.05, 0) is 55.9 Å². The molecule has 0 aliphatic heterocycles. The highest BCUT2D eigenvalue weighted by Crippen LogP contribution is 2.41. The SMILES string of the molecule is c1ccc(-c2ccc3ccc4ccc(-c5ccc(-c6ccc(-c7ccccc7)c7ccccc67)c6ccccc56)nc4c3n2)cc1. The molecule has 9 aromatic rings. The molecule has 7 aromatic carbocycles. The van der Waals surface area contributed by atoms with Gasteiger partial charge in [-0.15, -0.1) is 0 Å². The van der Waals surface area contributed by atoms with E-state index >= 15 is 0 Å². The maximum Gasteiger partial charge on any atom is 0.0972 e. The number of hydrogen-bond acceptors (Lipinski definition) is 2. The van der Waals surface area contributed by atoms with E-state index in [9.17, 15) is 0 Å². The Morgan fingerprint density at radius 2 is 0.652 bits per heavy atom. The lowest BCUT2D eigenvalue weighted by molar-refractivity contribution is 1.37. The van der Waals surface area contributed by atoms with Crippen LogP contribution in [0.15, 0.2) is 170 Å². The number of pyridine rings is 2. The van der Waals surface area contributed by atoms with Crippen molar-refractivity contribution in [3.8, 4) is 44.8 Å². The zero-order valence-corrected chi connectivity index (χ0v) is 25.1. The average molecular weight is 585 g/mol. The highest BCUT2D eigenvalue weighted by atomic mass is 14.8. The minimum Gasteiger partial charge on any atom is -0.245 e. The Balaban J connectivity index is 1.22. The van der Waals surface area contributed by atoms with Crippen molar-refractivity contribution in [2.75, 3.05) is 0 Å². The summed E-state index contributed by atoms with van der Waals surface area (Å²) < 4.78 is 0. The van der Waals surface area contributed by atoms with E-state index in [1.54, 1.807) is 0 Å². The lowest BCUT2D eigenvalue weighted by atomic mass is 9.88. The van der Waals surface area contributed by atoms with Crippen LogP contribution in [0.2, 0.25) is 0 Å². The first kappa shape index (κ1) is 26.3. The van der Waals surface area contributed by atoms with Gasteiger partial charge in [0.1, 0.15) is 0 Å². The molecule has 0 atom stereocenters. The average Bonchev–Trinajstić information content (AvgIpc) is 3.14.